The number of sulfone groups is 1. The Morgan fingerprint density at radius 3 is 2.44 bits per heavy atom. The second kappa shape index (κ2) is 7.89. The van der Waals surface area contributed by atoms with Crippen molar-refractivity contribution in [1.29, 1.82) is 0 Å². The van der Waals surface area contributed by atoms with Crippen LogP contribution < -0.4 is 10.6 Å². The summed E-state index contributed by atoms with van der Waals surface area (Å²) in [6, 6.07) is 10.9. The van der Waals surface area contributed by atoms with E-state index in [9.17, 15) is 13.2 Å². The largest absolute Gasteiger partial charge is 0.375 e. The Hall–Kier alpha value is -2.05. The van der Waals surface area contributed by atoms with Crippen LogP contribution >= 0.6 is 11.6 Å². The molecule has 1 amide bonds. The lowest BCUT2D eigenvalue weighted by Gasteiger charge is -2.14. The highest BCUT2D eigenvalue weighted by Gasteiger charge is 2.19. The maximum atomic E-state index is 12.2. The molecule has 0 saturated heterocycles. The molecule has 0 aliphatic carbocycles. The Morgan fingerprint density at radius 2 is 1.80 bits per heavy atom. The minimum Gasteiger partial charge on any atom is -0.375 e. The van der Waals surface area contributed by atoms with Gasteiger partial charge in [-0.2, -0.15) is 0 Å². The zero-order valence-electron chi connectivity index (χ0n) is 14.4. The van der Waals surface area contributed by atoms with E-state index in [1.165, 1.54) is 0 Å². The summed E-state index contributed by atoms with van der Waals surface area (Å²) in [5.74, 6) is -0.267. The molecule has 0 heterocycles. The monoisotopic (exact) mass is 380 g/mol. The van der Waals surface area contributed by atoms with Crippen molar-refractivity contribution in [3.63, 3.8) is 0 Å². The number of nitrogens with one attached hydrogen (secondary N) is 2. The van der Waals surface area contributed by atoms with Gasteiger partial charge in [-0.05, 0) is 36.6 Å². The Morgan fingerprint density at radius 1 is 1.12 bits per heavy atom. The molecule has 134 valence electrons. The number of carbonyl (C=O) groups excluding carboxylic acids is 1. The summed E-state index contributed by atoms with van der Waals surface area (Å²) in [6.07, 6.45) is 1.89. The zero-order chi connectivity index (χ0) is 18.6. The third-order valence-corrected chi connectivity index (χ3v) is 5.54. The van der Waals surface area contributed by atoms with Gasteiger partial charge in [-0.25, -0.2) is 8.42 Å². The van der Waals surface area contributed by atoms with Gasteiger partial charge in [-0.15, -0.1) is 0 Å². The number of amides is 1. The first-order chi connectivity index (χ1) is 11.7. The van der Waals surface area contributed by atoms with Crippen molar-refractivity contribution in [1.82, 2.24) is 0 Å². The highest BCUT2D eigenvalue weighted by molar-refractivity contribution is 7.91. The lowest BCUT2D eigenvalue weighted by atomic mass is 10.1. The lowest BCUT2D eigenvalue weighted by molar-refractivity contribution is -0.114. The molecule has 0 unspecified atom stereocenters. The lowest BCUT2D eigenvalue weighted by Crippen LogP contribution is -2.23. The number of benzene rings is 2. The van der Waals surface area contributed by atoms with Gasteiger partial charge in [0.25, 0.3) is 0 Å². The van der Waals surface area contributed by atoms with Gasteiger partial charge in [-0.3, -0.25) is 4.79 Å². The minimum atomic E-state index is -3.53. The third kappa shape index (κ3) is 4.74. The number of rotatable bonds is 6. The number of hydrogen-bond donors (Lipinski definition) is 2. The zero-order valence-corrected chi connectivity index (χ0v) is 16.0. The SMILES string of the molecule is CCc1ccccc1NC(=O)CNc1ccc(C)c(Cl)c1S(C)(=O)=O. The van der Waals surface area contributed by atoms with Gasteiger partial charge in [-0.1, -0.05) is 42.8 Å². The van der Waals surface area contributed by atoms with Gasteiger partial charge in [0.15, 0.2) is 9.84 Å². The molecule has 5 nitrogen and oxygen atoms in total. The summed E-state index contributed by atoms with van der Waals surface area (Å²) in [5, 5.41) is 5.87. The molecule has 0 aliphatic heterocycles. The van der Waals surface area contributed by atoms with Gasteiger partial charge < -0.3 is 10.6 Å². The fourth-order valence-corrected chi connectivity index (χ4v) is 4.09. The van der Waals surface area contributed by atoms with E-state index in [1.807, 2.05) is 31.2 Å². The fraction of sp³-hybridized carbons (Fsp3) is 0.278. The molecular formula is C18H21ClN2O3S. The Bertz CT molecular complexity index is 895. The van der Waals surface area contributed by atoms with Crippen molar-refractivity contribution in [2.75, 3.05) is 23.4 Å². The summed E-state index contributed by atoms with van der Waals surface area (Å²) in [7, 11) is -3.53. The average molecular weight is 381 g/mol. The van der Waals surface area contributed by atoms with Crippen molar-refractivity contribution in [3.8, 4) is 0 Å². The second-order valence-electron chi connectivity index (χ2n) is 5.76. The van der Waals surface area contributed by atoms with Crippen molar-refractivity contribution < 1.29 is 13.2 Å². The summed E-state index contributed by atoms with van der Waals surface area (Å²) < 4.78 is 24.0. The van der Waals surface area contributed by atoms with E-state index in [0.717, 1.165) is 23.9 Å². The van der Waals surface area contributed by atoms with Crippen LogP contribution in [-0.2, 0) is 21.1 Å². The first-order valence-corrected chi connectivity index (χ1v) is 10.1. The molecule has 0 aliphatic rings. The highest BCUT2D eigenvalue weighted by Crippen LogP contribution is 2.32. The van der Waals surface area contributed by atoms with Crippen molar-refractivity contribution >= 4 is 38.7 Å². The number of aryl methyl sites for hydroxylation is 2. The first-order valence-electron chi connectivity index (χ1n) is 7.84. The molecule has 0 spiro atoms. The first kappa shape index (κ1) is 19.3. The standard InChI is InChI=1S/C18H21ClN2O3S/c1-4-13-7-5-6-8-14(13)21-16(22)11-20-15-10-9-12(2)17(19)18(15)25(3,23)24/h5-10,20H,4,11H2,1-3H3,(H,21,22). The maximum absolute atomic E-state index is 12.2. The van der Waals surface area contributed by atoms with Crippen LogP contribution in [0.1, 0.15) is 18.1 Å². The molecule has 0 aromatic heterocycles. The molecule has 2 N–H and O–H groups in total. The van der Waals surface area contributed by atoms with Crippen LogP contribution in [0, 0.1) is 6.92 Å². The van der Waals surface area contributed by atoms with E-state index >= 15 is 0 Å². The number of hydrogen-bond acceptors (Lipinski definition) is 4. The van der Waals surface area contributed by atoms with Crippen molar-refractivity contribution in [2.24, 2.45) is 0 Å². The predicted octanol–water partition coefficient (Wildman–Crippen LogP) is 3.66. The summed E-state index contributed by atoms with van der Waals surface area (Å²) in [6.45, 7) is 3.67. The van der Waals surface area contributed by atoms with Gasteiger partial charge in [0.2, 0.25) is 5.91 Å². The van der Waals surface area contributed by atoms with Crippen LogP contribution in [-0.4, -0.2) is 27.1 Å². The highest BCUT2D eigenvalue weighted by atomic mass is 35.5. The molecule has 0 radical (unpaired) electrons. The molecule has 2 aromatic rings. The van der Waals surface area contributed by atoms with E-state index in [0.29, 0.717) is 11.3 Å². The van der Waals surface area contributed by atoms with E-state index in [2.05, 4.69) is 10.6 Å². The summed E-state index contributed by atoms with van der Waals surface area (Å²) in [4.78, 5) is 12.2. The molecule has 0 saturated carbocycles. The molecule has 7 heteroatoms. The molecule has 2 aromatic carbocycles. The normalized spacial score (nSPS) is 11.2. The molecule has 2 rings (SSSR count). The number of para-hydroxylation sites is 1. The van der Waals surface area contributed by atoms with Crippen LogP contribution in [0.3, 0.4) is 0 Å². The fourth-order valence-electron chi connectivity index (χ4n) is 2.48. The van der Waals surface area contributed by atoms with Crippen LogP contribution in [0.5, 0.6) is 0 Å². The topological polar surface area (TPSA) is 75.3 Å². The molecule has 0 bridgehead atoms. The number of carbonyl (C=O) groups is 1. The quantitative estimate of drug-likeness (QED) is 0.801. The van der Waals surface area contributed by atoms with E-state index in [-0.39, 0.29) is 22.4 Å². The Balaban J connectivity index is 2.17. The molecule has 0 atom stereocenters. The van der Waals surface area contributed by atoms with Gasteiger partial charge >= 0.3 is 0 Å². The van der Waals surface area contributed by atoms with Crippen LogP contribution in [0.15, 0.2) is 41.3 Å². The number of halogens is 1. The van der Waals surface area contributed by atoms with Crippen molar-refractivity contribution in [2.45, 2.75) is 25.2 Å². The van der Waals surface area contributed by atoms with Crippen LogP contribution in [0.2, 0.25) is 5.02 Å². The predicted molar refractivity (Wildman–Crippen MR) is 102 cm³/mol. The molecule has 25 heavy (non-hydrogen) atoms. The van der Waals surface area contributed by atoms with E-state index < -0.39 is 9.84 Å². The Kier molecular flexibility index (Phi) is 6.08. The molecule has 0 fully saturated rings. The second-order valence-corrected chi connectivity index (χ2v) is 8.09. The van der Waals surface area contributed by atoms with E-state index in [4.69, 9.17) is 11.6 Å². The minimum absolute atomic E-state index is 0.0101. The van der Waals surface area contributed by atoms with Crippen LogP contribution in [0.4, 0.5) is 11.4 Å². The summed E-state index contributed by atoms with van der Waals surface area (Å²) >= 11 is 6.15. The average Bonchev–Trinajstić information content (AvgIpc) is 2.55. The van der Waals surface area contributed by atoms with E-state index in [1.54, 1.807) is 19.1 Å². The maximum Gasteiger partial charge on any atom is 0.243 e. The van der Waals surface area contributed by atoms with Crippen molar-refractivity contribution in [3.05, 3.63) is 52.5 Å². The smallest absolute Gasteiger partial charge is 0.243 e. The van der Waals surface area contributed by atoms with Crippen LogP contribution in [0.25, 0.3) is 0 Å². The van der Waals surface area contributed by atoms with Gasteiger partial charge in [0.05, 0.1) is 17.3 Å². The molecular weight excluding hydrogens is 360 g/mol. The Labute approximate surface area is 153 Å². The third-order valence-electron chi connectivity index (χ3n) is 3.77. The van der Waals surface area contributed by atoms with Gasteiger partial charge in [0, 0.05) is 11.9 Å². The summed E-state index contributed by atoms with van der Waals surface area (Å²) in [5.41, 5.74) is 2.76. The van der Waals surface area contributed by atoms with Gasteiger partial charge in [0.1, 0.15) is 4.90 Å². The number of anilines is 2.